The molecular formula is C12H16FNO2. The van der Waals surface area contributed by atoms with Gasteiger partial charge in [0.05, 0.1) is 13.2 Å². The van der Waals surface area contributed by atoms with E-state index in [4.69, 9.17) is 15.2 Å². The molecule has 0 aliphatic carbocycles. The van der Waals surface area contributed by atoms with Crippen LogP contribution in [-0.4, -0.2) is 19.3 Å². The normalized spacial score (nSPS) is 16.7. The van der Waals surface area contributed by atoms with Crippen LogP contribution in [0.25, 0.3) is 0 Å². The second-order valence-corrected chi connectivity index (χ2v) is 4.09. The van der Waals surface area contributed by atoms with Crippen molar-refractivity contribution in [2.75, 3.05) is 13.2 Å². The van der Waals surface area contributed by atoms with Gasteiger partial charge in [0.1, 0.15) is 5.82 Å². The molecule has 0 spiro atoms. The number of halogens is 1. The maximum Gasteiger partial charge on any atom is 0.167 e. The van der Waals surface area contributed by atoms with Crippen molar-refractivity contribution in [1.82, 2.24) is 0 Å². The fraction of sp³-hybridized carbons (Fsp3) is 0.500. The quantitative estimate of drug-likeness (QED) is 0.835. The van der Waals surface area contributed by atoms with Crippen LogP contribution < -0.4 is 15.2 Å². The van der Waals surface area contributed by atoms with Crippen LogP contribution >= 0.6 is 0 Å². The Kier molecular flexibility index (Phi) is 3.29. The standard InChI is InChI=1S/C12H16FNO2/c1-8(14)7-9-10(13)3-4-11-12(9)16-6-2-5-15-11/h3-4,8H,2,5-7,14H2,1H3. The van der Waals surface area contributed by atoms with Crippen molar-refractivity contribution in [1.29, 1.82) is 0 Å². The fourth-order valence-electron chi connectivity index (χ4n) is 1.78. The topological polar surface area (TPSA) is 44.5 Å². The molecule has 1 aromatic carbocycles. The molecule has 2 rings (SSSR count). The monoisotopic (exact) mass is 225 g/mol. The van der Waals surface area contributed by atoms with E-state index in [9.17, 15) is 4.39 Å². The average Bonchev–Trinajstić information content (AvgIpc) is 2.47. The third-order valence-electron chi connectivity index (χ3n) is 2.49. The highest BCUT2D eigenvalue weighted by molar-refractivity contribution is 5.48. The Bertz CT molecular complexity index is 380. The van der Waals surface area contributed by atoms with E-state index in [1.165, 1.54) is 6.07 Å². The van der Waals surface area contributed by atoms with Crippen LogP contribution in [0.15, 0.2) is 12.1 Å². The molecule has 0 amide bonds. The molecular weight excluding hydrogens is 209 g/mol. The highest BCUT2D eigenvalue weighted by atomic mass is 19.1. The molecule has 0 saturated carbocycles. The Morgan fingerprint density at radius 1 is 1.38 bits per heavy atom. The lowest BCUT2D eigenvalue weighted by Gasteiger charge is -2.14. The fourth-order valence-corrected chi connectivity index (χ4v) is 1.78. The van der Waals surface area contributed by atoms with Gasteiger partial charge in [-0.3, -0.25) is 0 Å². The number of hydrogen-bond donors (Lipinski definition) is 1. The molecule has 0 fully saturated rings. The van der Waals surface area contributed by atoms with E-state index in [0.717, 1.165) is 6.42 Å². The molecule has 16 heavy (non-hydrogen) atoms. The summed E-state index contributed by atoms with van der Waals surface area (Å²) in [7, 11) is 0. The molecule has 0 aromatic heterocycles. The van der Waals surface area contributed by atoms with E-state index in [1.54, 1.807) is 6.07 Å². The van der Waals surface area contributed by atoms with Crippen LogP contribution in [-0.2, 0) is 6.42 Å². The van der Waals surface area contributed by atoms with Gasteiger partial charge < -0.3 is 15.2 Å². The second kappa shape index (κ2) is 4.70. The van der Waals surface area contributed by atoms with E-state index >= 15 is 0 Å². The van der Waals surface area contributed by atoms with Crippen molar-refractivity contribution in [2.24, 2.45) is 5.73 Å². The predicted octanol–water partition coefficient (Wildman–Crippen LogP) is 1.88. The molecule has 3 nitrogen and oxygen atoms in total. The number of benzene rings is 1. The van der Waals surface area contributed by atoms with Gasteiger partial charge in [-0.15, -0.1) is 0 Å². The van der Waals surface area contributed by atoms with Crippen LogP contribution in [0.3, 0.4) is 0 Å². The Labute approximate surface area is 94.3 Å². The van der Waals surface area contributed by atoms with Gasteiger partial charge in [0.2, 0.25) is 0 Å². The number of fused-ring (bicyclic) bond motifs is 1. The van der Waals surface area contributed by atoms with Crippen LogP contribution in [0.5, 0.6) is 11.5 Å². The first-order chi connectivity index (χ1) is 7.68. The summed E-state index contributed by atoms with van der Waals surface area (Å²) in [6.07, 6.45) is 1.27. The summed E-state index contributed by atoms with van der Waals surface area (Å²) in [5, 5.41) is 0. The number of nitrogens with two attached hydrogens (primary N) is 1. The van der Waals surface area contributed by atoms with Crippen molar-refractivity contribution in [3.8, 4) is 11.5 Å². The maximum absolute atomic E-state index is 13.7. The number of ether oxygens (including phenoxy) is 2. The molecule has 0 bridgehead atoms. The maximum atomic E-state index is 13.7. The van der Waals surface area contributed by atoms with Crippen LogP contribution in [0, 0.1) is 5.82 Å². The minimum absolute atomic E-state index is 0.104. The van der Waals surface area contributed by atoms with Gasteiger partial charge in [-0.1, -0.05) is 0 Å². The summed E-state index contributed by atoms with van der Waals surface area (Å²) in [6, 6.07) is 2.92. The van der Waals surface area contributed by atoms with Crippen LogP contribution in [0.4, 0.5) is 4.39 Å². The van der Waals surface area contributed by atoms with Crippen molar-refractivity contribution in [2.45, 2.75) is 25.8 Å². The molecule has 1 aliphatic heterocycles. The van der Waals surface area contributed by atoms with Gasteiger partial charge in [-0.05, 0) is 25.5 Å². The van der Waals surface area contributed by atoms with E-state index in [-0.39, 0.29) is 11.9 Å². The Hall–Kier alpha value is -1.29. The summed E-state index contributed by atoms with van der Waals surface area (Å²) in [5.74, 6) is 0.867. The zero-order valence-corrected chi connectivity index (χ0v) is 9.33. The highest BCUT2D eigenvalue weighted by Crippen LogP contribution is 2.35. The number of hydrogen-bond acceptors (Lipinski definition) is 3. The molecule has 88 valence electrons. The lowest BCUT2D eigenvalue weighted by Crippen LogP contribution is -2.19. The molecule has 0 saturated heterocycles. The molecule has 1 atom stereocenters. The Morgan fingerprint density at radius 3 is 2.88 bits per heavy atom. The highest BCUT2D eigenvalue weighted by Gasteiger charge is 2.19. The van der Waals surface area contributed by atoms with Gasteiger partial charge >= 0.3 is 0 Å². The SMILES string of the molecule is CC(N)Cc1c(F)ccc2c1OCCCO2. The molecule has 1 aliphatic rings. The lowest BCUT2D eigenvalue weighted by molar-refractivity contribution is 0.295. The Morgan fingerprint density at radius 2 is 2.12 bits per heavy atom. The molecule has 4 heteroatoms. The molecule has 0 radical (unpaired) electrons. The third kappa shape index (κ3) is 2.27. The van der Waals surface area contributed by atoms with Gasteiger partial charge in [0.25, 0.3) is 0 Å². The van der Waals surface area contributed by atoms with E-state index in [0.29, 0.717) is 36.7 Å². The largest absolute Gasteiger partial charge is 0.490 e. The summed E-state index contributed by atoms with van der Waals surface area (Å²) in [6.45, 7) is 3.01. The minimum atomic E-state index is -0.276. The predicted molar refractivity (Wildman–Crippen MR) is 59.4 cm³/mol. The van der Waals surface area contributed by atoms with Crippen molar-refractivity contribution >= 4 is 0 Å². The molecule has 1 aromatic rings. The summed E-state index contributed by atoms with van der Waals surface area (Å²) in [4.78, 5) is 0. The summed E-state index contributed by atoms with van der Waals surface area (Å²) in [5.41, 5.74) is 6.23. The summed E-state index contributed by atoms with van der Waals surface area (Å²) < 4.78 is 24.7. The van der Waals surface area contributed by atoms with E-state index in [2.05, 4.69) is 0 Å². The molecule has 1 unspecified atom stereocenters. The van der Waals surface area contributed by atoms with Crippen molar-refractivity contribution in [3.05, 3.63) is 23.5 Å². The number of rotatable bonds is 2. The first-order valence-corrected chi connectivity index (χ1v) is 5.51. The van der Waals surface area contributed by atoms with E-state index in [1.807, 2.05) is 6.92 Å². The smallest absolute Gasteiger partial charge is 0.167 e. The zero-order chi connectivity index (χ0) is 11.5. The van der Waals surface area contributed by atoms with Gasteiger partial charge in [-0.2, -0.15) is 0 Å². The first kappa shape index (κ1) is 11.2. The van der Waals surface area contributed by atoms with Crippen LogP contribution in [0.2, 0.25) is 0 Å². The van der Waals surface area contributed by atoms with E-state index < -0.39 is 0 Å². The third-order valence-corrected chi connectivity index (χ3v) is 2.49. The Balaban J connectivity index is 2.40. The van der Waals surface area contributed by atoms with Crippen molar-refractivity contribution in [3.63, 3.8) is 0 Å². The average molecular weight is 225 g/mol. The van der Waals surface area contributed by atoms with Crippen LogP contribution in [0.1, 0.15) is 18.9 Å². The lowest BCUT2D eigenvalue weighted by atomic mass is 10.1. The zero-order valence-electron chi connectivity index (χ0n) is 9.33. The molecule has 1 heterocycles. The van der Waals surface area contributed by atoms with Gasteiger partial charge in [0.15, 0.2) is 11.5 Å². The minimum Gasteiger partial charge on any atom is -0.490 e. The van der Waals surface area contributed by atoms with Crippen molar-refractivity contribution < 1.29 is 13.9 Å². The first-order valence-electron chi connectivity index (χ1n) is 5.51. The van der Waals surface area contributed by atoms with Gasteiger partial charge in [0, 0.05) is 18.0 Å². The second-order valence-electron chi connectivity index (χ2n) is 4.09. The summed E-state index contributed by atoms with van der Waals surface area (Å²) >= 11 is 0. The van der Waals surface area contributed by atoms with Gasteiger partial charge in [-0.25, -0.2) is 4.39 Å². The molecule has 2 N–H and O–H groups in total.